The Hall–Kier alpha value is 0.240. The molecule has 0 aliphatic heterocycles. The Labute approximate surface area is 70.1 Å². The van der Waals surface area contributed by atoms with E-state index in [4.69, 9.17) is 4.55 Å². The first kappa shape index (κ1) is 11.2. The van der Waals surface area contributed by atoms with E-state index in [9.17, 15) is 17.2 Å². The van der Waals surface area contributed by atoms with E-state index >= 15 is 0 Å². The van der Waals surface area contributed by atoms with Crippen molar-refractivity contribution < 1.29 is 21.7 Å². The zero-order chi connectivity index (χ0) is 9.12. The Morgan fingerprint density at radius 2 is 1.73 bits per heavy atom. The first-order valence-electron chi connectivity index (χ1n) is 2.59. The third-order valence-electron chi connectivity index (χ3n) is 0.797. The Kier molecular flexibility index (Phi) is 3.85. The van der Waals surface area contributed by atoms with Gasteiger partial charge in [0.25, 0.3) is 0 Å². The second-order valence-corrected chi connectivity index (χ2v) is 6.56. The lowest BCUT2D eigenvalue weighted by molar-refractivity contribution is 0.462. The minimum Gasteiger partial charge on any atom is -0.748 e. The smallest absolute Gasteiger partial charge is 0.141 e. The normalized spacial score (nSPS) is 17.6. The standard InChI is InChI=1S/C3H8O5S3/c4-10(5,6)2-1-3-11(7,8)9/h1-3H2,(H,4,5,6)(H,7,8,9)/p-1. The van der Waals surface area contributed by atoms with Crippen molar-refractivity contribution in [2.45, 2.75) is 6.42 Å². The molecule has 8 heteroatoms. The highest BCUT2D eigenvalue weighted by molar-refractivity contribution is 8.29. The summed E-state index contributed by atoms with van der Waals surface area (Å²) in [6.45, 7) is 0. The third-order valence-corrected chi connectivity index (χ3v) is 2.89. The number of rotatable bonds is 4. The topological polar surface area (TPSA) is 94.5 Å². The summed E-state index contributed by atoms with van der Waals surface area (Å²) >= 11 is 4.06. The van der Waals surface area contributed by atoms with Gasteiger partial charge in [0.05, 0.1) is 15.9 Å². The summed E-state index contributed by atoms with van der Waals surface area (Å²) in [4.78, 5) is 0. The second kappa shape index (κ2) is 3.76. The highest BCUT2D eigenvalue weighted by Gasteiger charge is 2.01. The average molecular weight is 219 g/mol. The van der Waals surface area contributed by atoms with Crippen molar-refractivity contribution in [3.63, 3.8) is 0 Å². The molecule has 11 heavy (non-hydrogen) atoms. The van der Waals surface area contributed by atoms with Gasteiger partial charge in [-0.1, -0.05) is 0 Å². The molecule has 5 nitrogen and oxygen atoms in total. The highest BCUT2D eigenvalue weighted by atomic mass is 32.8. The van der Waals surface area contributed by atoms with Crippen molar-refractivity contribution in [1.82, 2.24) is 0 Å². The van der Waals surface area contributed by atoms with Crippen LogP contribution in [0.2, 0.25) is 0 Å². The molecule has 0 saturated heterocycles. The largest absolute Gasteiger partial charge is 0.748 e. The lowest BCUT2D eigenvalue weighted by atomic mass is 10.6. The maximum absolute atomic E-state index is 10.3. The van der Waals surface area contributed by atoms with Crippen molar-refractivity contribution in [1.29, 1.82) is 0 Å². The molecular formula is C3H7O5S3-. The van der Waals surface area contributed by atoms with E-state index in [1.165, 1.54) is 0 Å². The Morgan fingerprint density at radius 1 is 1.27 bits per heavy atom. The molecule has 0 aromatic rings. The summed E-state index contributed by atoms with van der Waals surface area (Å²) in [6.07, 6.45) is -0.162. The summed E-state index contributed by atoms with van der Waals surface area (Å²) in [6, 6.07) is 0. The lowest BCUT2D eigenvalue weighted by Gasteiger charge is -2.04. The third kappa shape index (κ3) is 10.2. The zero-order valence-corrected chi connectivity index (χ0v) is 7.88. The van der Waals surface area contributed by atoms with Crippen LogP contribution in [0.15, 0.2) is 0 Å². The molecule has 0 aliphatic rings. The molecule has 0 amide bonds. The van der Waals surface area contributed by atoms with Crippen molar-refractivity contribution in [2.24, 2.45) is 0 Å². The van der Waals surface area contributed by atoms with Gasteiger partial charge in [-0.2, -0.15) is 0 Å². The van der Waals surface area contributed by atoms with E-state index in [0.717, 1.165) is 0 Å². The van der Waals surface area contributed by atoms with Crippen LogP contribution in [-0.2, 0) is 30.1 Å². The second-order valence-electron chi connectivity index (χ2n) is 1.90. The van der Waals surface area contributed by atoms with Gasteiger partial charge in [-0.05, 0) is 6.42 Å². The van der Waals surface area contributed by atoms with Crippen LogP contribution in [0.4, 0.5) is 0 Å². The van der Waals surface area contributed by atoms with Gasteiger partial charge in [0.2, 0.25) is 0 Å². The predicted molar refractivity (Wildman–Crippen MR) is 42.2 cm³/mol. The van der Waals surface area contributed by atoms with Crippen LogP contribution in [0.3, 0.4) is 0 Å². The van der Waals surface area contributed by atoms with E-state index in [-0.39, 0.29) is 12.2 Å². The summed E-state index contributed by atoms with van der Waals surface area (Å²) in [5.74, 6) is -0.967. The monoisotopic (exact) mass is 219 g/mol. The van der Waals surface area contributed by atoms with Gasteiger partial charge < -0.3 is 9.11 Å². The van der Waals surface area contributed by atoms with Crippen LogP contribution in [0.5, 0.6) is 0 Å². The summed E-state index contributed by atoms with van der Waals surface area (Å²) in [7, 11) is -7.60. The summed E-state index contributed by atoms with van der Waals surface area (Å²) < 4.78 is 48.7. The van der Waals surface area contributed by atoms with Crippen LogP contribution in [-0.4, -0.2) is 33.2 Å². The fourth-order valence-electron chi connectivity index (χ4n) is 0.418. The number of hydrogen-bond acceptors (Lipinski definition) is 5. The molecule has 0 fully saturated rings. The van der Waals surface area contributed by atoms with E-state index in [1.807, 2.05) is 0 Å². The molecule has 1 unspecified atom stereocenters. The maximum Gasteiger partial charge on any atom is 0.141 e. The quantitative estimate of drug-likeness (QED) is 0.618. The first-order valence-corrected chi connectivity index (χ1v) is 6.78. The molecule has 0 saturated carbocycles. The predicted octanol–water partition coefficient (Wildman–Crippen LogP) is -0.859. The molecule has 0 aliphatic carbocycles. The minimum absolute atomic E-state index is 0.162. The van der Waals surface area contributed by atoms with Crippen LogP contribution >= 0.6 is 0 Å². The molecule has 68 valence electrons. The molecule has 0 bridgehead atoms. The Balaban J connectivity index is 3.79. The molecule has 0 heterocycles. The Morgan fingerprint density at radius 3 is 2.00 bits per heavy atom. The highest BCUT2D eigenvalue weighted by Crippen LogP contribution is 1.92. The van der Waals surface area contributed by atoms with Gasteiger partial charge in [-0.15, -0.1) is 0 Å². The fraction of sp³-hybridized carbons (Fsp3) is 1.00. The molecule has 0 spiro atoms. The van der Waals surface area contributed by atoms with Gasteiger partial charge in [0, 0.05) is 16.9 Å². The number of hydrogen-bond donors (Lipinski definition) is 1. The van der Waals surface area contributed by atoms with Crippen molar-refractivity contribution in [2.75, 3.05) is 11.5 Å². The molecule has 0 aromatic heterocycles. The molecule has 1 atom stereocenters. The molecule has 0 rings (SSSR count). The molecular weight excluding hydrogens is 212 g/mol. The van der Waals surface area contributed by atoms with Gasteiger partial charge in [0.1, 0.15) is 8.77 Å². The average Bonchev–Trinajstić information content (AvgIpc) is 1.55. The van der Waals surface area contributed by atoms with Crippen LogP contribution in [0.1, 0.15) is 6.42 Å². The van der Waals surface area contributed by atoms with Crippen LogP contribution < -0.4 is 0 Å². The van der Waals surface area contributed by atoms with Gasteiger partial charge in [-0.25, -0.2) is 12.6 Å². The fourth-order valence-corrected chi connectivity index (χ4v) is 1.96. The molecule has 0 radical (unpaired) electrons. The van der Waals surface area contributed by atoms with Gasteiger partial charge in [0.15, 0.2) is 0 Å². The first-order chi connectivity index (χ1) is 4.71. The zero-order valence-electron chi connectivity index (χ0n) is 5.43. The summed E-state index contributed by atoms with van der Waals surface area (Å²) in [5.41, 5.74) is 0. The van der Waals surface area contributed by atoms with Gasteiger partial charge >= 0.3 is 0 Å². The lowest BCUT2D eigenvalue weighted by Crippen LogP contribution is -2.10. The SMILES string of the molecule is O=S(=O)([O-])CCCS(=O)(O)=S. The van der Waals surface area contributed by atoms with Crippen LogP contribution in [0, 0.1) is 0 Å². The molecule has 1 N–H and O–H groups in total. The van der Waals surface area contributed by atoms with E-state index < -0.39 is 24.6 Å². The van der Waals surface area contributed by atoms with Crippen molar-refractivity contribution in [3.8, 4) is 0 Å². The maximum atomic E-state index is 10.3. The summed E-state index contributed by atoms with van der Waals surface area (Å²) in [5, 5.41) is 0. The van der Waals surface area contributed by atoms with Crippen LogP contribution in [0.25, 0.3) is 0 Å². The van der Waals surface area contributed by atoms with E-state index in [1.54, 1.807) is 0 Å². The molecule has 0 aromatic carbocycles. The van der Waals surface area contributed by atoms with Gasteiger partial charge in [-0.3, -0.25) is 0 Å². The van der Waals surface area contributed by atoms with E-state index in [0.29, 0.717) is 0 Å². The van der Waals surface area contributed by atoms with E-state index in [2.05, 4.69) is 11.2 Å². The van der Waals surface area contributed by atoms with Crippen molar-refractivity contribution in [3.05, 3.63) is 0 Å². The minimum atomic E-state index is -4.28. The van der Waals surface area contributed by atoms with Crippen molar-refractivity contribution >= 4 is 30.1 Å². The Bertz CT molecular complexity index is 266.